The van der Waals surface area contributed by atoms with Crippen LogP contribution in [-0.2, 0) is 0 Å². The van der Waals surface area contributed by atoms with E-state index < -0.39 is 0 Å². The molecule has 0 fully saturated rings. The van der Waals surface area contributed by atoms with Crippen molar-refractivity contribution in [1.82, 2.24) is 4.98 Å². The fourth-order valence-electron chi connectivity index (χ4n) is 3.10. The minimum Gasteiger partial charge on any atom is -0.492 e. The highest BCUT2D eigenvalue weighted by molar-refractivity contribution is 6.00. The molecule has 3 N–H and O–H groups in total. The van der Waals surface area contributed by atoms with Crippen molar-refractivity contribution in [3.05, 3.63) is 78.9 Å². The first kappa shape index (κ1) is 17.7. The summed E-state index contributed by atoms with van der Waals surface area (Å²) in [6.45, 7) is 2.45. The third-order valence-corrected chi connectivity index (χ3v) is 4.42. The Morgan fingerprint density at radius 2 is 1.68 bits per heavy atom. The SMILES string of the molecule is CCOc1ccccc1NC(=O)Nc1ccc(-c2cc3ccccc3[nH]2)cc1. The summed E-state index contributed by atoms with van der Waals surface area (Å²) in [4.78, 5) is 15.7. The highest BCUT2D eigenvalue weighted by Gasteiger charge is 2.08. The molecule has 1 aromatic heterocycles. The number of carbonyl (C=O) groups excluding carboxylic acids is 1. The van der Waals surface area contributed by atoms with Crippen molar-refractivity contribution in [1.29, 1.82) is 0 Å². The van der Waals surface area contributed by atoms with Crippen molar-refractivity contribution in [3.63, 3.8) is 0 Å². The van der Waals surface area contributed by atoms with E-state index in [1.165, 1.54) is 5.39 Å². The molecule has 1 heterocycles. The number of ether oxygens (including phenoxy) is 1. The summed E-state index contributed by atoms with van der Waals surface area (Å²) in [5.74, 6) is 0.648. The Morgan fingerprint density at radius 3 is 2.46 bits per heavy atom. The molecule has 0 aliphatic carbocycles. The minimum absolute atomic E-state index is 0.314. The number of urea groups is 1. The molecule has 0 bridgehead atoms. The van der Waals surface area contributed by atoms with E-state index in [0.717, 1.165) is 16.8 Å². The summed E-state index contributed by atoms with van der Waals surface area (Å²) in [6, 6.07) is 25.1. The molecule has 0 saturated heterocycles. The van der Waals surface area contributed by atoms with Gasteiger partial charge in [-0.15, -0.1) is 0 Å². The second-order valence-corrected chi connectivity index (χ2v) is 6.36. The summed E-state index contributed by atoms with van der Waals surface area (Å²) in [5.41, 5.74) is 4.56. The Balaban J connectivity index is 1.45. The number of aromatic nitrogens is 1. The van der Waals surface area contributed by atoms with Crippen molar-refractivity contribution in [3.8, 4) is 17.0 Å². The molecular formula is C23H21N3O2. The van der Waals surface area contributed by atoms with Crippen LogP contribution in [0.15, 0.2) is 78.9 Å². The van der Waals surface area contributed by atoms with Gasteiger partial charge in [-0.3, -0.25) is 0 Å². The molecule has 0 unspecified atom stereocenters. The van der Waals surface area contributed by atoms with E-state index in [2.05, 4.69) is 33.8 Å². The largest absolute Gasteiger partial charge is 0.492 e. The third kappa shape index (κ3) is 3.83. The van der Waals surface area contributed by atoms with Crippen LogP contribution < -0.4 is 15.4 Å². The number of para-hydroxylation sites is 3. The zero-order chi connectivity index (χ0) is 19.3. The predicted molar refractivity (Wildman–Crippen MR) is 114 cm³/mol. The van der Waals surface area contributed by atoms with Crippen molar-refractivity contribution in [2.75, 3.05) is 17.2 Å². The number of rotatable bonds is 5. The molecule has 4 aromatic rings. The zero-order valence-corrected chi connectivity index (χ0v) is 15.5. The number of fused-ring (bicyclic) bond motifs is 1. The Morgan fingerprint density at radius 1 is 0.929 bits per heavy atom. The van der Waals surface area contributed by atoms with Gasteiger partial charge in [0, 0.05) is 22.3 Å². The van der Waals surface area contributed by atoms with Crippen molar-refractivity contribution >= 4 is 28.3 Å². The van der Waals surface area contributed by atoms with Crippen LogP contribution >= 0.6 is 0 Å². The summed E-state index contributed by atoms with van der Waals surface area (Å²) < 4.78 is 5.53. The van der Waals surface area contributed by atoms with Crippen molar-refractivity contribution < 1.29 is 9.53 Å². The second-order valence-electron chi connectivity index (χ2n) is 6.36. The van der Waals surface area contributed by atoms with Crippen molar-refractivity contribution in [2.24, 2.45) is 0 Å². The summed E-state index contributed by atoms with van der Waals surface area (Å²) in [7, 11) is 0. The highest BCUT2D eigenvalue weighted by Crippen LogP contribution is 2.26. The first-order chi connectivity index (χ1) is 13.7. The maximum Gasteiger partial charge on any atom is 0.323 e. The highest BCUT2D eigenvalue weighted by atomic mass is 16.5. The van der Waals surface area contributed by atoms with E-state index in [9.17, 15) is 4.79 Å². The standard InChI is InChI=1S/C23H21N3O2/c1-2-28-22-10-6-5-9-20(22)26-23(27)24-18-13-11-16(12-14-18)21-15-17-7-3-4-8-19(17)25-21/h3-15,25H,2H2,1H3,(H2,24,26,27). The van der Waals surface area contributed by atoms with Gasteiger partial charge in [0.05, 0.1) is 12.3 Å². The number of aromatic amines is 1. The summed E-state index contributed by atoms with van der Waals surface area (Å²) in [5, 5.41) is 6.85. The molecular weight excluding hydrogens is 350 g/mol. The van der Waals surface area contributed by atoms with Crippen LogP contribution in [0.25, 0.3) is 22.2 Å². The maximum absolute atomic E-state index is 12.3. The van der Waals surface area contributed by atoms with Crippen LogP contribution in [0.1, 0.15) is 6.92 Å². The maximum atomic E-state index is 12.3. The van der Waals surface area contributed by atoms with Gasteiger partial charge in [-0.2, -0.15) is 0 Å². The number of anilines is 2. The van der Waals surface area contributed by atoms with Gasteiger partial charge in [0.15, 0.2) is 0 Å². The molecule has 140 valence electrons. The fourth-order valence-corrected chi connectivity index (χ4v) is 3.10. The number of benzene rings is 3. The lowest BCUT2D eigenvalue weighted by molar-refractivity contribution is 0.262. The molecule has 5 heteroatoms. The fraction of sp³-hybridized carbons (Fsp3) is 0.0870. The Hall–Kier alpha value is -3.73. The molecule has 3 aromatic carbocycles. The van der Waals surface area contributed by atoms with E-state index in [1.807, 2.05) is 67.6 Å². The van der Waals surface area contributed by atoms with E-state index in [1.54, 1.807) is 0 Å². The molecule has 2 amide bonds. The Kier molecular flexibility index (Phi) is 4.97. The first-order valence-corrected chi connectivity index (χ1v) is 9.21. The number of H-pyrrole nitrogens is 1. The Labute approximate surface area is 163 Å². The van der Waals surface area contributed by atoms with Gasteiger partial charge in [0.1, 0.15) is 5.75 Å². The minimum atomic E-state index is -0.314. The predicted octanol–water partition coefficient (Wildman–Crippen LogP) is 5.88. The van der Waals surface area contributed by atoms with E-state index in [4.69, 9.17) is 4.74 Å². The first-order valence-electron chi connectivity index (χ1n) is 9.21. The van der Waals surface area contributed by atoms with Crippen LogP contribution in [0.2, 0.25) is 0 Å². The van der Waals surface area contributed by atoms with Gasteiger partial charge >= 0.3 is 6.03 Å². The van der Waals surface area contributed by atoms with Gasteiger partial charge in [0.25, 0.3) is 0 Å². The normalized spacial score (nSPS) is 10.6. The molecule has 0 aliphatic heterocycles. The number of carbonyl (C=O) groups is 1. The monoisotopic (exact) mass is 371 g/mol. The molecule has 4 rings (SSSR count). The average Bonchev–Trinajstić information content (AvgIpc) is 3.14. The second kappa shape index (κ2) is 7.88. The molecule has 0 radical (unpaired) electrons. The molecule has 28 heavy (non-hydrogen) atoms. The number of hydrogen-bond acceptors (Lipinski definition) is 2. The van der Waals surface area contributed by atoms with Crippen LogP contribution in [0.3, 0.4) is 0 Å². The Bertz CT molecular complexity index is 1070. The van der Waals surface area contributed by atoms with Crippen LogP contribution in [0.4, 0.5) is 16.2 Å². The molecule has 0 atom stereocenters. The lowest BCUT2D eigenvalue weighted by atomic mass is 10.1. The topological polar surface area (TPSA) is 66.2 Å². The zero-order valence-electron chi connectivity index (χ0n) is 15.5. The van der Waals surface area contributed by atoms with Crippen LogP contribution in [0.5, 0.6) is 5.75 Å². The molecule has 5 nitrogen and oxygen atoms in total. The third-order valence-electron chi connectivity index (χ3n) is 4.42. The van der Waals surface area contributed by atoms with E-state index >= 15 is 0 Å². The van der Waals surface area contributed by atoms with E-state index in [-0.39, 0.29) is 6.03 Å². The molecule has 0 spiro atoms. The average molecular weight is 371 g/mol. The van der Waals surface area contributed by atoms with Gasteiger partial charge in [-0.05, 0) is 48.9 Å². The number of nitrogens with one attached hydrogen (secondary N) is 3. The molecule has 0 aliphatic rings. The van der Waals surface area contributed by atoms with Gasteiger partial charge in [0.2, 0.25) is 0 Å². The molecule has 0 saturated carbocycles. The smallest absolute Gasteiger partial charge is 0.323 e. The van der Waals surface area contributed by atoms with Crippen LogP contribution in [0, 0.1) is 0 Å². The van der Waals surface area contributed by atoms with E-state index in [0.29, 0.717) is 23.7 Å². The number of amides is 2. The van der Waals surface area contributed by atoms with Crippen LogP contribution in [-0.4, -0.2) is 17.6 Å². The van der Waals surface area contributed by atoms with Gasteiger partial charge in [-0.25, -0.2) is 4.79 Å². The lowest BCUT2D eigenvalue weighted by Crippen LogP contribution is -2.19. The number of hydrogen-bond donors (Lipinski definition) is 3. The summed E-state index contributed by atoms with van der Waals surface area (Å²) >= 11 is 0. The summed E-state index contributed by atoms with van der Waals surface area (Å²) in [6.07, 6.45) is 0. The van der Waals surface area contributed by atoms with Crippen molar-refractivity contribution in [2.45, 2.75) is 6.92 Å². The van der Waals surface area contributed by atoms with Gasteiger partial charge in [-0.1, -0.05) is 42.5 Å². The lowest BCUT2D eigenvalue weighted by Gasteiger charge is -2.12. The quantitative estimate of drug-likeness (QED) is 0.410. The van der Waals surface area contributed by atoms with Gasteiger partial charge < -0.3 is 20.4 Å².